The number of benzene rings is 1. The number of nitrogens with zero attached hydrogens (tertiary/aromatic N) is 4. The maximum atomic E-state index is 5.68. The Bertz CT molecular complexity index is 535. The molecule has 1 aromatic heterocycles. The molecular weight excluding hydrogens is 250 g/mol. The van der Waals surface area contributed by atoms with E-state index in [4.69, 9.17) is 5.73 Å². The lowest BCUT2D eigenvalue weighted by Gasteiger charge is -2.17. The van der Waals surface area contributed by atoms with Gasteiger partial charge in [-0.1, -0.05) is 31.2 Å². The number of rotatable bonds is 7. The van der Waals surface area contributed by atoms with Crippen molar-refractivity contribution in [3.63, 3.8) is 0 Å². The van der Waals surface area contributed by atoms with Gasteiger partial charge in [0, 0.05) is 19.6 Å². The van der Waals surface area contributed by atoms with Gasteiger partial charge >= 0.3 is 0 Å². The second kappa shape index (κ2) is 7.17. The number of nitrogens with two attached hydrogens (primary N) is 1. The van der Waals surface area contributed by atoms with Gasteiger partial charge in [0.15, 0.2) is 0 Å². The summed E-state index contributed by atoms with van der Waals surface area (Å²) in [5.74, 6) is 1.02. The summed E-state index contributed by atoms with van der Waals surface area (Å²) in [4.78, 5) is 6.58. The lowest BCUT2D eigenvalue weighted by molar-refractivity contribution is 0.302. The predicted molar refractivity (Wildman–Crippen MR) is 79.8 cm³/mol. The summed E-state index contributed by atoms with van der Waals surface area (Å²) in [6.45, 7) is 5.33. The van der Waals surface area contributed by atoms with E-state index in [2.05, 4.69) is 53.2 Å². The minimum atomic E-state index is 0.586. The van der Waals surface area contributed by atoms with Crippen LogP contribution in [0.15, 0.2) is 30.6 Å². The molecule has 1 heterocycles. The highest BCUT2D eigenvalue weighted by atomic mass is 15.3. The third kappa shape index (κ3) is 3.88. The summed E-state index contributed by atoms with van der Waals surface area (Å²) in [6, 6.07) is 8.41. The topological polar surface area (TPSA) is 60.0 Å². The fraction of sp³-hybridized carbons (Fsp3) is 0.467. The first-order valence-corrected chi connectivity index (χ1v) is 7.06. The molecule has 2 N–H and O–H groups in total. The van der Waals surface area contributed by atoms with Gasteiger partial charge < -0.3 is 5.73 Å². The Kier molecular flexibility index (Phi) is 5.26. The van der Waals surface area contributed by atoms with E-state index in [0.717, 1.165) is 31.9 Å². The molecule has 0 bridgehead atoms. The van der Waals surface area contributed by atoms with Crippen molar-refractivity contribution < 1.29 is 0 Å². The molecule has 0 aliphatic rings. The maximum Gasteiger partial charge on any atom is 0.141 e. The Morgan fingerprint density at radius 1 is 1.25 bits per heavy atom. The molecule has 0 unspecified atom stereocenters. The largest absolute Gasteiger partial charge is 0.326 e. The third-order valence-corrected chi connectivity index (χ3v) is 3.22. The van der Waals surface area contributed by atoms with Crippen molar-refractivity contribution in [2.75, 3.05) is 7.05 Å². The van der Waals surface area contributed by atoms with Crippen LogP contribution in [0.1, 0.15) is 30.3 Å². The molecule has 1 aromatic carbocycles. The van der Waals surface area contributed by atoms with Crippen molar-refractivity contribution in [3.05, 3.63) is 47.5 Å². The van der Waals surface area contributed by atoms with E-state index in [1.807, 2.05) is 4.68 Å². The molecular formula is C15H23N5. The summed E-state index contributed by atoms with van der Waals surface area (Å²) in [5, 5.41) is 4.26. The molecule has 20 heavy (non-hydrogen) atoms. The van der Waals surface area contributed by atoms with E-state index in [-0.39, 0.29) is 0 Å². The van der Waals surface area contributed by atoms with Crippen LogP contribution in [0.4, 0.5) is 0 Å². The van der Waals surface area contributed by atoms with Gasteiger partial charge in [0.25, 0.3) is 0 Å². The molecule has 0 fully saturated rings. The Hall–Kier alpha value is -1.72. The highest BCUT2D eigenvalue weighted by Gasteiger charge is 2.08. The molecule has 0 saturated heterocycles. The Morgan fingerprint density at radius 3 is 2.80 bits per heavy atom. The first-order valence-electron chi connectivity index (χ1n) is 7.06. The minimum Gasteiger partial charge on any atom is -0.326 e. The molecule has 5 nitrogen and oxygen atoms in total. The second-order valence-electron chi connectivity index (χ2n) is 5.10. The lowest BCUT2D eigenvalue weighted by Crippen LogP contribution is -2.20. The van der Waals surface area contributed by atoms with E-state index < -0.39 is 0 Å². The zero-order valence-corrected chi connectivity index (χ0v) is 12.3. The summed E-state index contributed by atoms with van der Waals surface area (Å²) in [7, 11) is 2.10. The molecule has 5 heteroatoms. The van der Waals surface area contributed by atoms with Gasteiger partial charge in [-0.25, -0.2) is 9.67 Å². The van der Waals surface area contributed by atoms with E-state index in [1.165, 1.54) is 11.1 Å². The van der Waals surface area contributed by atoms with E-state index in [0.29, 0.717) is 6.54 Å². The summed E-state index contributed by atoms with van der Waals surface area (Å²) >= 11 is 0. The fourth-order valence-corrected chi connectivity index (χ4v) is 2.27. The van der Waals surface area contributed by atoms with Crippen LogP contribution in [0.5, 0.6) is 0 Å². The second-order valence-corrected chi connectivity index (χ2v) is 5.10. The van der Waals surface area contributed by atoms with Crippen LogP contribution in [0.3, 0.4) is 0 Å². The van der Waals surface area contributed by atoms with Crippen molar-refractivity contribution in [3.8, 4) is 0 Å². The molecule has 0 aliphatic heterocycles. The van der Waals surface area contributed by atoms with Crippen LogP contribution < -0.4 is 5.73 Å². The first kappa shape index (κ1) is 14.7. The van der Waals surface area contributed by atoms with Crippen LogP contribution in [-0.4, -0.2) is 26.7 Å². The van der Waals surface area contributed by atoms with Gasteiger partial charge in [-0.2, -0.15) is 5.10 Å². The summed E-state index contributed by atoms with van der Waals surface area (Å²) in [5.41, 5.74) is 8.12. The van der Waals surface area contributed by atoms with Gasteiger partial charge in [-0.05, 0) is 24.6 Å². The molecule has 0 aliphatic carbocycles. The van der Waals surface area contributed by atoms with Crippen molar-refractivity contribution >= 4 is 0 Å². The number of hydrogen-bond acceptors (Lipinski definition) is 4. The molecule has 0 atom stereocenters. The standard InChI is InChI=1S/C15H23N5/c1-3-7-20-15(17-12-18-20)11-19(2)10-14-6-4-5-13(8-14)9-16/h4-6,8,12H,3,7,9-11,16H2,1-2H3. The normalized spacial score (nSPS) is 11.2. The molecule has 0 saturated carbocycles. The minimum absolute atomic E-state index is 0.586. The number of hydrogen-bond donors (Lipinski definition) is 1. The van der Waals surface area contributed by atoms with Crippen molar-refractivity contribution in [1.29, 1.82) is 0 Å². The zero-order chi connectivity index (χ0) is 14.4. The molecule has 0 spiro atoms. The van der Waals surface area contributed by atoms with Gasteiger partial charge in [-0.3, -0.25) is 4.90 Å². The fourth-order valence-electron chi connectivity index (χ4n) is 2.27. The van der Waals surface area contributed by atoms with Gasteiger partial charge in [0.05, 0.1) is 6.54 Å². The number of aromatic nitrogens is 3. The zero-order valence-electron chi connectivity index (χ0n) is 12.3. The van der Waals surface area contributed by atoms with Crippen LogP contribution >= 0.6 is 0 Å². The average Bonchev–Trinajstić information content (AvgIpc) is 2.86. The van der Waals surface area contributed by atoms with Crippen LogP contribution in [-0.2, 0) is 26.2 Å². The summed E-state index contributed by atoms with van der Waals surface area (Å²) in [6.07, 6.45) is 2.70. The Labute approximate surface area is 120 Å². The van der Waals surface area contributed by atoms with Gasteiger partial charge in [0.1, 0.15) is 12.2 Å². The van der Waals surface area contributed by atoms with Crippen molar-refractivity contribution in [2.45, 2.75) is 39.5 Å². The molecule has 108 valence electrons. The van der Waals surface area contributed by atoms with Gasteiger partial charge in [0.2, 0.25) is 0 Å². The van der Waals surface area contributed by atoms with Crippen molar-refractivity contribution in [2.24, 2.45) is 5.73 Å². The highest BCUT2D eigenvalue weighted by Crippen LogP contribution is 2.09. The van der Waals surface area contributed by atoms with Crippen molar-refractivity contribution in [1.82, 2.24) is 19.7 Å². The van der Waals surface area contributed by atoms with Crippen LogP contribution in [0.25, 0.3) is 0 Å². The Morgan fingerprint density at radius 2 is 2.05 bits per heavy atom. The average molecular weight is 273 g/mol. The molecule has 0 radical (unpaired) electrons. The quantitative estimate of drug-likeness (QED) is 0.835. The van der Waals surface area contributed by atoms with Gasteiger partial charge in [-0.15, -0.1) is 0 Å². The van der Waals surface area contributed by atoms with E-state index in [9.17, 15) is 0 Å². The Balaban J connectivity index is 1.97. The molecule has 0 amide bonds. The highest BCUT2D eigenvalue weighted by molar-refractivity contribution is 5.23. The monoisotopic (exact) mass is 273 g/mol. The molecule has 2 aromatic rings. The third-order valence-electron chi connectivity index (χ3n) is 3.22. The predicted octanol–water partition coefficient (Wildman–Crippen LogP) is 1.78. The van der Waals surface area contributed by atoms with E-state index in [1.54, 1.807) is 6.33 Å². The SMILES string of the molecule is CCCn1ncnc1CN(C)Cc1cccc(CN)c1. The van der Waals surface area contributed by atoms with E-state index >= 15 is 0 Å². The lowest BCUT2D eigenvalue weighted by atomic mass is 10.1. The van der Waals surface area contributed by atoms with Crippen LogP contribution in [0, 0.1) is 0 Å². The van der Waals surface area contributed by atoms with Crippen LogP contribution in [0.2, 0.25) is 0 Å². The molecule has 2 rings (SSSR count). The smallest absolute Gasteiger partial charge is 0.141 e. The maximum absolute atomic E-state index is 5.68. The summed E-state index contributed by atoms with van der Waals surface area (Å²) < 4.78 is 1.98. The number of aryl methyl sites for hydroxylation is 1. The first-order chi connectivity index (χ1) is 9.72.